The van der Waals surface area contributed by atoms with Crippen molar-refractivity contribution in [3.05, 3.63) is 46.5 Å². The van der Waals surface area contributed by atoms with Gasteiger partial charge in [0.05, 0.1) is 5.56 Å². The van der Waals surface area contributed by atoms with Gasteiger partial charge in [-0.3, -0.25) is 0 Å². The monoisotopic (exact) mass is 439 g/mol. The lowest BCUT2D eigenvalue weighted by molar-refractivity contribution is -0.137. The average molecular weight is 439 g/mol. The molecule has 6 nitrogen and oxygen atoms in total. The molecule has 1 aliphatic heterocycles. The minimum absolute atomic E-state index is 0.0498. The Morgan fingerprint density at radius 2 is 1.94 bits per heavy atom. The topological polar surface area (TPSA) is 78.6 Å². The van der Waals surface area contributed by atoms with Gasteiger partial charge in [0.1, 0.15) is 5.82 Å². The molecular formula is C22H28F3N3O3. The highest BCUT2D eigenvalue weighted by molar-refractivity contribution is 5.86. The molecule has 9 heteroatoms. The molecule has 1 aromatic carbocycles. The summed E-state index contributed by atoms with van der Waals surface area (Å²) in [6.07, 6.45) is -3.95. The van der Waals surface area contributed by atoms with Crippen LogP contribution in [-0.2, 0) is 18.1 Å². The molecule has 1 aromatic heterocycles. The van der Waals surface area contributed by atoms with E-state index in [0.717, 1.165) is 0 Å². The van der Waals surface area contributed by atoms with Crippen LogP contribution in [0.15, 0.2) is 18.2 Å². The second-order valence-electron chi connectivity index (χ2n) is 9.10. The van der Waals surface area contributed by atoms with Crippen molar-refractivity contribution < 1.29 is 28.2 Å². The molecule has 0 spiro atoms. The summed E-state index contributed by atoms with van der Waals surface area (Å²) in [6, 6.07) is 4.48. The summed E-state index contributed by atoms with van der Waals surface area (Å²) in [5.41, 5.74) is -0.969. The molecular weight excluding hydrogens is 411 g/mol. The lowest BCUT2D eigenvalue weighted by atomic mass is 9.95. The fourth-order valence-electron chi connectivity index (χ4n) is 4.18. The Labute approximate surface area is 179 Å². The number of imidazole rings is 1. The third-order valence-electron chi connectivity index (χ3n) is 5.72. The van der Waals surface area contributed by atoms with Gasteiger partial charge in [0.2, 0.25) is 0 Å². The zero-order valence-corrected chi connectivity index (χ0v) is 18.1. The van der Waals surface area contributed by atoms with Gasteiger partial charge in [-0.2, -0.15) is 13.2 Å². The van der Waals surface area contributed by atoms with Crippen LogP contribution in [0.4, 0.5) is 18.9 Å². The number of aromatic carboxylic acids is 1. The Morgan fingerprint density at radius 1 is 1.26 bits per heavy atom. The van der Waals surface area contributed by atoms with Gasteiger partial charge in [0.15, 0.2) is 5.69 Å². The number of carboxylic acids is 1. The van der Waals surface area contributed by atoms with Crippen molar-refractivity contribution >= 4 is 11.7 Å². The molecule has 2 heterocycles. The first-order valence-corrected chi connectivity index (χ1v) is 10.2. The summed E-state index contributed by atoms with van der Waals surface area (Å²) < 4.78 is 44.2. The van der Waals surface area contributed by atoms with Crippen LogP contribution in [0.2, 0.25) is 0 Å². The molecule has 1 saturated heterocycles. The summed E-state index contributed by atoms with van der Waals surface area (Å²) >= 11 is 0. The van der Waals surface area contributed by atoms with Gasteiger partial charge in [0, 0.05) is 49.0 Å². The number of anilines is 1. The summed E-state index contributed by atoms with van der Waals surface area (Å²) in [6.45, 7) is 7.71. The number of hydrogen-bond acceptors (Lipinski definition) is 4. The highest BCUT2D eigenvalue weighted by Gasteiger charge is 2.39. The van der Waals surface area contributed by atoms with Gasteiger partial charge in [0.25, 0.3) is 0 Å². The molecule has 3 rings (SSSR count). The molecule has 0 bridgehead atoms. The van der Waals surface area contributed by atoms with Crippen molar-refractivity contribution in [1.29, 1.82) is 0 Å². The maximum Gasteiger partial charge on any atom is 0.418 e. The standard InChI is InChI=1S/C22H28F3N3O3/c1-13-18(19(30)31)26-20(21(2,3)4)28(13)11-15-6-5-7-16(17(15)22(23,24)25)27-9-8-14(10-27)12-29/h5-7,14,29H,8-12H2,1-4H3,(H,30,31)/t14-/m0/s1. The van der Waals surface area contributed by atoms with E-state index in [2.05, 4.69) is 4.98 Å². The molecule has 1 fully saturated rings. The van der Waals surface area contributed by atoms with E-state index in [9.17, 15) is 28.2 Å². The minimum atomic E-state index is -4.59. The predicted octanol–water partition coefficient (Wildman–Crippen LogP) is 4.07. The van der Waals surface area contributed by atoms with E-state index in [1.54, 1.807) is 22.5 Å². The second kappa shape index (κ2) is 8.18. The summed E-state index contributed by atoms with van der Waals surface area (Å²) in [5, 5.41) is 18.9. The van der Waals surface area contributed by atoms with Gasteiger partial charge in [-0.05, 0) is 25.0 Å². The SMILES string of the molecule is Cc1c(C(=O)O)nc(C(C)(C)C)n1Cc1cccc(N2CC[C@H](CO)C2)c1C(F)(F)F. The molecule has 0 unspecified atom stereocenters. The molecule has 0 saturated carbocycles. The van der Waals surface area contributed by atoms with Crippen LogP contribution in [-0.4, -0.2) is 45.4 Å². The second-order valence-corrected chi connectivity index (χ2v) is 9.10. The molecule has 2 aromatic rings. The molecule has 0 amide bonds. The quantitative estimate of drug-likeness (QED) is 0.734. The Bertz CT molecular complexity index is 977. The molecule has 0 radical (unpaired) electrons. The maximum absolute atomic E-state index is 14.2. The molecule has 170 valence electrons. The third-order valence-corrected chi connectivity index (χ3v) is 5.72. The highest BCUT2D eigenvalue weighted by Crippen LogP contribution is 2.41. The van der Waals surface area contributed by atoms with Crippen molar-refractivity contribution in [2.24, 2.45) is 5.92 Å². The predicted molar refractivity (Wildman–Crippen MR) is 111 cm³/mol. The third kappa shape index (κ3) is 4.56. The fraction of sp³-hybridized carbons (Fsp3) is 0.545. The largest absolute Gasteiger partial charge is 0.476 e. The zero-order chi connectivity index (χ0) is 23.1. The van der Waals surface area contributed by atoms with Crippen LogP contribution in [0.1, 0.15) is 60.3 Å². The Hall–Kier alpha value is -2.55. The number of aliphatic hydroxyl groups is 1. The number of halogens is 3. The van der Waals surface area contributed by atoms with Crippen LogP contribution in [0.5, 0.6) is 0 Å². The highest BCUT2D eigenvalue weighted by atomic mass is 19.4. The normalized spacial score (nSPS) is 17.4. The van der Waals surface area contributed by atoms with Crippen molar-refractivity contribution in [2.75, 3.05) is 24.6 Å². The van der Waals surface area contributed by atoms with Gasteiger partial charge >= 0.3 is 12.1 Å². The lowest BCUT2D eigenvalue weighted by Gasteiger charge is -2.26. The van der Waals surface area contributed by atoms with Crippen LogP contribution in [0.3, 0.4) is 0 Å². The molecule has 2 N–H and O–H groups in total. The number of hydrogen-bond donors (Lipinski definition) is 2. The van der Waals surface area contributed by atoms with Crippen LogP contribution in [0, 0.1) is 12.8 Å². The van der Waals surface area contributed by atoms with Crippen molar-refractivity contribution in [3.63, 3.8) is 0 Å². The summed E-state index contributed by atoms with van der Waals surface area (Å²) in [7, 11) is 0. The van der Waals surface area contributed by atoms with E-state index in [-0.39, 0.29) is 36.0 Å². The van der Waals surface area contributed by atoms with E-state index < -0.39 is 23.1 Å². The van der Waals surface area contributed by atoms with E-state index in [0.29, 0.717) is 31.0 Å². The van der Waals surface area contributed by atoms with Crippen LogP contribution >= 0.6 is 0 Å². The van der Waals surface area contributed by atoms with E-state index >= 15 is 0 Å². The van der Waals surface area contributed by atoms with Gasteiger partial charge < -0.3 is 19.7 Å². The van der Waals surface area contributed by atoms with Crippen LogP contribution in [0.25, 0.3) is 0 Å². The first-order valence-electron chi connectivity index (χ1n) is 10.2. The number of nitrogens with zero attached hydrogens (tertiary/aromatic N) is 3. The van der Waals surface area contributed by atoms with Gasteiger partial charge in [-0.25, -0.2) is 9.78 Å². The van der Waals surface area contributed by atoms with E-state index in [1.807, 2.05) is 20.8 Å². The average Bonchev–Trinajstić information content (AvgIpc) is 3.25. The Kier molecular flexibility index (Phi) is 6.10. The first kappa shape index (κ1) is 23.1. The first-order chi connectivity index (χ1) is 14.3. The molecule has 0 aliphatic carbocycles. The number of carboxylic acid groups (broad SMARTS) is 1. The minimum Gasteiger partial charge on any atom is -0.476 e. The molecule has 1 aliphatic rings. The maximum atomic E-state index is 14.2. The van der Waals surface area contributed by atoms with Crippen LogP contribution < -0.4 is 4.90 Å². The van der Waals surface area contributed by atoms with Crippen molar-refractivity contribution in [1.82, 2.24) is 9.55 Å². The van der Waals surface area contributed by atoms with Crippen molar-refractivity contribution in [3.8, 4) is 0 Å². The number of alkyl halides is 3. The van der Waals surface area contributed by atoms with Gasteiger partial charge in [-0.15, -0.1) is 0 Å². The van der Waals surface area contributed by atoms with E-state index in [4.69, 9.17) is 0 Å². The molecule has 1 atom stereocenters. The zero-order valence-electron chi connectivity index (χ0n) is 18.1. The Balaban J connectivity index is 2.13. The summed E-state index contributed by atoms with van der Waals surface area (Å²) in [4.78, 5) is 17.5. The number of rotatable bonds is 5. The number of aromatic nitrogens is 2. The summed E-state index contributed by atoms with van der Waals surface area (Å²) in [5.74, 6) is -0.840. The number of aliphatic hydroxyl groups excluding tert-OH is 1. The smallest absolute Gasteiger partial charge is 0.418 e. The molecule has 31 heavy (non-hydrogen) atoms. The Morgan fingerprint density at radius 3 is 2.45 bits per heavy atom. The lowest BCUT2D eigenvalue weighted by Crippen LogP contribution is -2.26. The van der Waals surface area contributed by atoms with E-state index in [1.165, 1.54) is 12.1 Å². The fourth-order valence-corrected chi connectivity index (χ4v) is 4.18. The number of benzene rings is 1. The van der Waals surface area contributed by atoms with Crippen molar-refractivity contribution in [2.45, 2.75) is 52.3 Å². The van der Waals surface area contributed by atoms with Gasteiger partial charge in [-0.1, -0.05) is 32.9 Å². The number of carbonyl (C=O) groups is 1.